The Hall–Kier alpha value is -2.30. The molecule has 0 radical (unpaired) electrons. The first-order valence-electron chi connectivity index (χ1n) is 5.22. The maximum Gasteiger partial charge on any atom is 0.142 e. The lowest BCUT2D eigenvalue weighted by atomic mass is 10.1. The summed E-state index contributed by atoms with van der Waals surface area (Å²) >= 11 is 0. The molecular formula is C12H11FN4. The SMILES string of the molecule is Cn1nc(-c2ccc3[nH]ccc3c2F)cc1N. The molecule has 0 atom stereocenters. The topological polar surface area (TPSA) is 59.6 Å². The minimum Gasteiger partial charge on any atom is -0.384 e. The number of hydrogen-bond donors (Lipinski definition) is 2. The van der Waals surface area contributed by atoms with E-state index in [-0.39, 0.29) is 5.82 Å². The second kappa shape index (κ2) is 3.35. The van der Waals surface area contributed by atoms with E-state index in [1.54, 1.807) is 31.4 Å². The van der Waals surface area contributed by atoms with E-state index in [1.807, 2.05) is 6.07 Å². The molecule has 17 heavy (non-hydrogen) atoms. The van der Waals surface area contributed by atoms with Gasteiger partial charge in [-0.15, -0.1) is 0 Å². The molecule has 0 aliphatic carbocycles. The molecular weight excluding hydrogens is 219 g/mol. The molecule has 0 fully saturated rings. The molecule has 3 rings (SSSR count). The predicted molar refractivity (Wildman–Crippen MR) is 64.9 cm³/mol. The van der Waals surface area contributed by atoms with Crippen LogP contribution in [-0.4, -0.2) is 14.8 Å². The number of aromatic amines is 1. The van der Waals surface area contributed by atoms with Crippen molar-refractivity contribution >= 4 is 16.7 Å². The van der Waals surface area contributed by atoms with Crippen LogP contribution in [-0.2, 0) is 7.05 Å². The molecule has 3 aromatic rings. The monoisotopic (exact) mass is 230 g/mol. The summed E-state index contributed by atoms with van der Waals surface area (Å²) in [7, 11) is 1.73. The number of halogens is 1. The van der Waals surface area contributed by atoms with Gasteiger partial charge < -0.3 is 10.7 Å². The molecule has 2 aromatic heterocycles. The van der Waals surface area contributed by atoms with E-state index in [2.05, 4.69) is 10.1 Å². The third-order valence-corrected chi connectivity index (χ3v) is 2.86. The van der Waals surface area contributed by atoms with Crippen LogP contribution in [0.1, 0.15) is 0 Å². The van der Waals surface area contributed by atoms with Gasteiger partial charge >= 0.3 is 0 Å². The number of anilines is 1. The van der Waals surface area contributed by atoms with E-state index in [9.17, 15) is 4.39 Å². The Bertz CT molecular complexity index is 676. The van der Waals surface area contributed by atoms with Crippen LogP contribution in [0.3, 0.4) is 0 Å². The van der Waals surface area contributed by atoms with E-state index in [4.69, 9.17) is 5.73 Å². The largest absolute Gasteiger partial charge is 0.384 e. The molecule has 0 saturated heterocycles. The quantitative estimate of drug-likeness (QED) is 0.673. The molecule has 0 aliphatic heterocycles. The summed E-state index contributed by atoms with van der Waals surface area (Å²) in [6, 6.07) is 6.91. The number of rotatable bonds is 1. The van der Waals surface area contributed by atoms with E-state index >= 15 is 0 Å². The number of aromatic nitrogens is 3. The molecule has 0 unspecified atom stereocenters. The highest BCUT2D eigenvalue weighted by Crippen LogP contribution is 2.28. The zero-order chi connectivity index (χ0) is 12.0. The van der Waals surface area contributed by atoms with Gasteiger partial charge in [-0.1, -0.05) is 0 Å². The summed E-state index contributed by atoms with van der Waals surface area (Å²) in [6.45, 7) is 0. The van der Waals surface area contributed by atoms with Crippen LogP contribution < -0.4 is 5.73 Å². The van der Waals surface area contributed by atoms with Crippen LogP contribution in [0.15, 0.2) is 30.5 Å². The number of fused-ring (bicyclic) bond motifs is 1. The summed E-state index contributed by atoms with van der Waals surface area (Å²) < 4.78 is 15.7. The third-order valence-electron chi connectivity index (χ3n) is 2.86. The molecule has 86 valence electrons. The maximum absolute atomic E-state index is 14.2. The zero-order valence-electron chi connectivity index (χ0n) is 9.24. The van der Waals surface area contributed by atoms with Crippen molar-refractivity contribution in [2.45, 2.75) is 0 Å². The summed E-state index contributed by atoms with van der Waals surface area (Å²) in [5.74, 6) is 0.232. The highest BCUT2D eigenvalue weighted by molar-refractivity contribution is 5.85. The molecule has 0 bridgehead atoms. The first-order chi connectivity index (χ1) is 8.16. The van der Waals surface area contributed by atoms with Crippen molar-refractivity contribution in [2.24, 2.45) is 7.05 Å². The number of H-pyrrole nitrogens is 1. The number of nitrogens with zero attached hydrogens (tertiary/aromatic N) is 2. The minimum atomic E-state index is -0.276. The Balaban J connectivity index is 2.26. The number of nitrogens with one attached hydrogen (secondary N) is 1. The van der Waals surface area contributed by atoms with Crippen LogP contribution in [0.2, 0.25) is 0 Å². The van der Waals surface area contributed by atoms with Crippen molar-refractivity contribution in [3.63, 3.8) is 0 Å². The number of hydrogen-bond acceptors (Lipinski definition) is 2. The smallest absolute Gasteiger partial charge is 0.142 e. The summed E-state index contributed by atoms with van der Waals surface area (Å²) in [5, 5.41) is 4.74. The van der Waals surface area contributed by atoms with Crippen LogP contribution in [0, 0.1) is 5.82 Å². The van der Waals surface area contributed by atoms with Gasteiger partial charge in [0, 0.05) is 35.8 Å². The molecule has 2 heterocycles. The lowest BCUT2D eigenvalue weighted by Crippen LogP contribution is -1.96. The van der Waals surface area contributed by atoms with E-state index in [1.165, 1.54) is 4.68 Å². The van der Waals surface area contributed by atoms with E-state index in [0.29, 0.717) is 22.5 Å². The van der Waals surface area contributed by atoms with Crippen molar-refractivity contribution in [3.8, 4) is 11.3 Å². The molecule has 4 nitrogen and oxygen atoms in total. The first-order valence-corrected chi connectivity index (χ1v) is 5.22. The number of nitrogen functional groups attached to an aromatic ring is 1. The predicted octanol–water partition coefficient (Wildman–Crippen LogP) is 2.29. The second-order valence-electron chi connectivity index (χ2n) is 3.94. The van der Waals surface area contributed by atoms with Gasteiger partial charge in [0.1, 0.15) is 11.6 Å². The Kier molecular flexibility index (Phi) is 1.95. The second-order valence-corrected chi connectivity index (χ2v) is 3.94. The molecule has 3 N–H and O–H groups in total. The Labute approximate surface area is 96.9 Å². The molecule has 0 amide bonds. The Morgan fingerprint density at radius 3 is 2.88 bits per heavy atom. The van der Waals surface area contributed by atoms with Gasteiger partial charge in [0.15, 0.2) is 0 Å². The Morgan fingerprint density at radius 1 is 1.35 bits per heavy atom. The van der Waals surface area contributed by atoms with E-state index in [0.717, 1.165) is 5.52 Å². The average molecular weight is 230 g/mol. The summed E-state index contributed by atoms with van der Waals surface area (Å²) in [5.41, 5.74) is 7.48. The number of benzene rings is 1. The van der Waals surface area contributed by atoms with Gasteiger partial charge in [0.2, 0.25) is 0 Å². The maximum atomic E-state index is 14.2. The van der Waals surface area contributed by atoms with Gasteiger partial charge in [-0.2, -0.15) is 5.10 Å². The highest BCUT2D eigenvalue weighted by Gasteiger charge is 2.13. The minimum absolute atomic E-state index is 0.276. The molecule has 1 aromatic carbocycles. The highest BCUT2D eigenvalue weighted by atomic mass is 19.1. The van der Waals surface area contributed by atoms with Crippen LogP contribution >= 0.6 is 0 Å². The zero-order valence-corrected chi connectivity index (χ0v) is 9.24. The summed E-state index contributed by atoms with van der Waals surface area (Å²) in [4.78, 5) is 2.97. The lowest BCUT2D eigenvalue weighted by Gasteiger charge is -2.00. The molecule has 5 heteroatoms. The molecule has 0 aliphatic rings. The molecule has 0 saturated carbocycles. The fraction of sp³-hybridized carbons (Fsp3) is 0.0833. The van der Waals surface area contributed by atoms with Gasteiger partial charge in [-0.05, 0) is 18.2 Å². The van der Waals surface area contributed by atoms with Crippen LogP contribution in [0.25, 0.3) is 22.2 Å². The standard InChI is InChI=1S/C12H11FN4/c1-17-11(14)6-10(16-17)7-2-3-9-8(12(7)13)4-5-15-9/h2-6,15H,14H2,1H3. The normalized spacial score (nSPS) is 11.2. The summed E-state index contributed by atoms with van der Waals surface area (Å²) in [6.07, 6.45) is 1.71. The van der Waals surface area contributed by atoms with E-state index < -0.39 is 0 Å². The fourth-order valence-electron chi connectivity index (χ4n) is 1.91. The van der Waals surface area contributed by atoms with Crippen molar-refractivity contribution in [1.29, 1.82) is 0 Å². The van der Waals surface area contributed by atoms with Crippen molar-refractivity contribution in [2.75, 3.05) is 5.73 Å². The van der Waals surface area contributed by atoms with Gasteiger partial charge in [-0.3, -0.25) is 4.68 Å². The average Bonchev–Trinajstić information content (AvgIpc) is 2.88. The van der Waals surface area contributed by atoms with Crippen LogP contribution in [0.5, 0.6) is 0 Å². The molecule has 0 spiro atoms. The van der Waals surface area contributed by atoms with Crippen molar-refractivity contribution < 1.29 is 4.39 Å². The number of aryl methyl sites for hydroxylation is 1. The van der Waals surface area contributed by atoms with Crippen LogP contribution in [0.4, 0.5) is 10.2 Å². The van der Waals surface area contributed by atoms with Gasteiger partial charge in [0.25, 0.3) is 0 Å². The lowest BCUT2D eigenvalue weighted by molar-refractivity contribution is 0.642. The van der Waals surface area contributed by atoms with Crippen molar-refractivity contribution in [1.82, 2.24) is 14.8 Å². The first kappa shape index (κ1) is 9.89. The fourth-order valence-corrected chi connectivity index (χ4v) is 1.91. The van der Waals surface area contributed by atoms with Crippen molar-refractivity contribution in [3.05, 3.63) is 36.3 Å². The number of nitrogens with two attached hydrogens (primary N) is 1. The van der Waals surface area contributed by atoms with Gasteiger partial charge in [-0.25, -0.2) is 4.39 Å². The van der Waals surface area contributed by atoms with Gasteiger partial charge in [0.05, 0.1) is 5.69 Å². The Morgan fingerprint density at radius 2 is 2.18 bits per heavy atom. The third kappa shape index (κ3) is 1.39.